The summed E-state index contributed by atoms with van der Waals surface area (Å²) >= 11 is 0. The molecule has 0 aliphatic carbocycles. The third-order valence-electron chi connectivity index (χ3n) is 3.44. The first-order valence-corrected chi connectivity index (χ1v) is 7.45. The van der Waals surface area contributed by atoms with Crippen LogP contribution in [0.1, 0.15) is 29.2 Å². The molecule has 0 spiro atoms. The lowest BCUT2D eigenvalue weighted by molar-refractivity contribution is -0.137. The van der Waals surface area contributed by atoms with Crippen LogP contribution in [-0.2, 0) is 24.1 Å². The fraction of sp³-hybridized carbons (Fsp3) is 0.278. The number of rotatable bonds is 6. The van der Waals surface area contributed by atoms with Crippen LogP contribution in [0.2, 0.25) is 0 Å². The van der Waals surface area contributed by atoms with Gasteiger partial charge in [-0.3, -0.25) is 0 Å². The van der Waals surface area contributed by atoms with Gasteiger partial charge in [0.25, 0.3) is 0 Å². The molecule has 0 saturated carbocycles. The molecule has 0 aliphatic heterocycles. The van der Waals surface area contributed by atoms with E-state index in [1.807, 2.05) is 31.2 Å². The number of hydrogen-bond donors (Lipinski definition) is 1. The number of halogens is 3. The third kappa shape index (κ3) is 4.74. The summed E-state index contributed by atoms with van der Waals surface area (Å²) in [4.78, 5) is 0. The van der Waals surface area contributed by atoms with Crippen LogP contribution in [0.25, 0.3) is 0 Å². The Kier molecular flexibility index (Phi) is 5.83. The molecule has 2 aromatic carbocycles. The van der Waals surface area contributed by atoms with Crippen molar-refractivity contribution in [2.75, 3.05) is 11.9 Å². The maximum Gasteiger partial charge on any atom is 0.417 e. The third-order valence-corrected chi connectivity index (χ3v) is 3.44. The van der Waals surface area contributed by atoms with Gasteiger partial charge in [0.2, 0.25) is 0 Å². The molecule has 0 aromatic heterocycles. The average Bonchev–Trinajstić information content (AvgIpc) is 2.58. The Balaban J connectivity index is 2.05. The number of nitriles is 1. The smallest absolute Gasteiger partial charge is 0.381 e. The van der Waals surface area contributed by atoms with Gasteiger partial charge in [-0.05, 0) is 36.2 Å². The van der Waals surface area contributed by atoms with E-state index < -0.39 is 11.7 Å². The summed E-state index contributed by atoms with van der Waals surface area (Å²) < 4.78 is 44.1. The lowest BCUT2D eigenvalue weighted by atomic mass is 10.1. The Morgan fingerprint density at radius 2 is 1.75 bits per heavy atom. The molecule has 0 atom stereocenters. The molecule has 0 fully saturated rings. The number of benzene rings is 2. The minimum atomic E-state index is -4.55. The first-order valence-electron chi connectivity index (χ1n) is 7.45. The second-order valence-electron chi connectivity index (χ2n) is 5.18. The van der Waals surface area contributed by atoms with Gasteiger partial charge in [-0.1, -0.05) is 24.3 Å². The summed E-state index contributed by atoms with van der Waals surface area (Å²) in [5.74, 6) is 0. The summed E-state index contributed by atoms with van der Waals surface area (Å²) in [5.41, 5.74) is 0.988. The van der Waals surface area contributed by atoms with Gasteiger partial charge in [-0.2, -0.15) is 18.4 Å². The molecule has 3 nitrogen and oxygen atoms in total. The van der Waals surface area contributed by atoms with Crippen LogP contribution < -0.4 is 5.32 Å². The molecule has 0 amide bonds. The predicted molar refractivity (Wildman–Crippen MR) is 85.3 cm³/mol. The minimum Gasteiger partial charge on any atom is -0.381 e. The zero-order valence-corrected chi connectivity index (χ0v) is 13.2. The Hall–Kier alpha value is -2.52. The first-order chi connectivity index (χ1) is 11.4. The SMILES string of the molecule is CCOCc1ccc(CNc2ccc(C#N)c(C(F)(F)F)c2)cc1. The number of hydrogen-bond acceptors (Lipinski definition) is 3. The van der Waals surface area contributed by atoms with Crippen LogP contribution >= 0.6 is 0 Å². The van der Waals surface area contributed by atoms with Gasteiger partial charge in [0.05, 0.1) is 23.8 Å². The second-order valence-corrected chi connectivity index (χ2v) is 5.18. The summed E-state index contributed by atoms with van der Waals surface area (Å²) in [5, 5.41) is 11.7. The highest BCUT2D eigenvalue weighted by molar-refractivity contribution is 5.53. The summed E-state index contributed by atoms with van der Waals surface area (Å²) in [6.45, 7) is 3.49. The van der Waals surface area contributed by atoms with Crippen LogP contribution in [0.3, 0.4) is 0 Å². The van der Waals surface area contributed by atoms with Crippen molar-refractivity contribution in [3.63, 3.8) is 0 Å². The van der Waals surface area contributed by atoms with Crippen molar-refractivity contribution in [2.24, 2.45) is 0 Å². The van der Waals surface area contributed by atoms with Crippen LogP contribution in [0.15, 0.2) is 42.5 Å². The van der Waals surface area contributed by atoms with E-state index in [2.05, 4.69) is 5.32 Å². The lowest BCUT2D eigenvalue weighted by Gasteiger charge is -2.12. The highest BCUT2D eigenvalue weighted by atomic mass is 19.4. The van der Waals surface area contributed by atoms with Crippen molar-refractivity contribution in [1.29, 1.82) is 5.26 Å². The maximum atomic E-state index is 12.9. The van der Waals surface area contributed by atoms with Gasteiger partial charge in [-0.25, -0.2) is 0 Å². The number of nitrogens with zero attached hydrogens (tertiary/aromatic N) is 1. The van der Waals surface area contributed by atoms with Gasteiger partial charge >= 0.3 is 6.18 Å². The van der Waals surface area contributed by atoms with Gasteiger partial charge < -0.3 is 10.1 Å². The topological polar surface area (TPSA) is 45.0 Å². The predicted octanol–water partition coefficient (Wildman–Crippen LogP) is 4.73. The monoisotopic (exact) mass is 334 g/mol. The second kappa shape index (κ2) is 7.84. The minimum absolute atomic E-state index is 0.319. The van der Waals surface area contributed by atoms with Crippen LogP contribution in [-0.4, -0.2) is 6.61 Å². The van der Waals surface area contributed by atoms with Crippen molar-refractivity contribution in [2.45, 2.75) is 26.3 Å². The van der Waals surface area contributed by atoms with Crippen LogP contribution in [0, 0.1) is 11.3 Å². The van der Waals surface area contributed by atoms with Crippen molar-refractivity contribution >= 4 is 5.69 Å². The van der Waals surface area contributed by atoms with E-state index in [0.717, 1.165) is 17.2 Å². The van der Waals surface area contributed by atoms with E-state index in [1.54, 1.807) is 6.07 Å². The van der Waals surface area contributed by atoms with Crippen molar-refractivity contribution < 1.29 is 17.9 Å². The first kappa shape index (κ1) is 17.8. The van der Waals surface area contributed by atoms with Gasteiger partial charge in [0.1, 0.15) is 0 Å². The Bertz CT molecular complexity index is 719. The lowest BCUT2D eigenvalue weighted by Crippen LogP contribution is -2.09. The molecule has 126 valence electrons. The quantitative estimate of drug-likeness (QED) is 0.831. The molecule has 0 aliphatic rings. The maximum absolute atomic E-state index is 12.9. The van der Waals surface area contributed by atoms with E-state index >= 15 is 0 Å². The Morgan fingerprint density at radius 3 is 2.33 bits per heavy atom. The van der Waals surface area contributed by atoms with E-state index in [4.69, 9.17) is 10.00 Å². The molecule has 6 heteroatoms. The summed E-state index contributed by atoms with van der Waals surface area (Å²) in [6, 6.07) is 12.8. The van der Waals surface area contributed by atoms with Crippen LogP contribution in [0.5, 0.6) is 0 Å². The standard InChI is InChI=1S/C18H17F3N2O/c1-2-24-12-14-5-3-13(4-6-14)11-23-16-8-7-15(10-22)17(9-16)18(19,20)21/h3-9,23H,2,11-12H2,1H3. The molecule has 0 heterocycles. The summed E-state index contributed by atoms with van der Waals surface area (Å²) in [6.07, 6.45) is -4.55. The fourth-order valence-electron chi connectivity index (χ4n) is 2.16. The van der Waals surface area contributed by atoms with Gasteiger partial charge in [-0.15, -0.1) is 0 Å². The van der Waals surface area contributed by atoms with Crippen molar-refractivity contribution in [3.8, 4) is 6.07 Å². The highest BCUT2D eigenvalue weighted by Crippen LogP contribution is 2.33. The molecule has 0 saturated heterocycles. The molecule has 0 radical (unpaired) electrons. The number of anilines is 1. The normalized spacial score (nSPS) is 11.1. The average molecular weight is 334 g/mol. The number of ether oxygens (including phenoxy) is 1. The molecule has 1 N–H and O–H groups in total. The van der Waals surface area contributed by atoms with E-state index in [9.17, 15) is 13.2 Å². The van der Waals surface area contributed by atoms with Gasteiger partial charge in [0, 0.05) is 18.8 Å². The molecular formula is C18H17F3N2O. The largest absolute Gasteiger partial charge is 0.417 e. The van der Waals surface area contributed by atoms with E-state index in [-0.39, 0.29) is 5.56 Å². The molecule has 2 aromatic rings. The molecule has 0 unspecified atom stereocenters. The fourth-order valence-corrected chi connectivity index (χ4v) is 2.16. The zero-order valence-electron chi connectivity index (χ0n) is 13.2. The van der Waals surface area contributed by atoms with Crippen molar-refractivity contribution in [3.05, 3.63) is 64.7 Å². The van der Waals surface area contributed by atoms with Crippen LogP contribution in [0.4, 0.5) is 18.9 Å². The Labute approximate surface area is 138 Å². The molecule has 2 rings (SSSR count). The van der Waals surface area contributed by atoms with Crippen molar-refractivity contribution in [1.82, 2.24) is 0 Å². The van der Waals surface area contributed by atoms with E-state index in [0.29, 0.717) is 25.4 Å². The van der Waals surface area contributed by atoms with E-state index in [1.165, 1.54) is 12.1 Å². The zero-order chi connectivity index (χ0) is 17.6. The molecule has 0 bridgehead atoms. The highest BCUT2D eigenvalue weighted by Gasteiger charge is 2.33. The van der Waals surface area contributed by atoms with Gasteiger partial charge in [0.15, 0.2) is 0 Å². The number of nitrogens with one attached hydrogen (secondary N) is 1. The summed E-state index contributed by atoms with van der Waals surface area (Å²) in [7, 11) is 0. The Morgan fingerprint density at radius 1 is 1.08 bits per heavy atom. The molecular weight excluding hydrogens is 317 g/mol. The number of alkyl halides is 3. The molecule has 24 heavy (non-hydrogen) atoms.